The largest absolute Gasteiger partial charge is 0.455 e. The standard InChI is InChI=1S/C12H10ClFN2O2/c13-7-1-3-9(14)10(5-7)16-12(17)11-4-2-8(6-15)18-11/h1-5H,6,15H2,(H,16,17). The molecule has 94 valence electrons. The van der Waals surface area contributed by atoms with E-state index in [4.69, 9.17) is 21.8 Å². The minimum absolute atomic E-state index is 0.00167. The van der Waals surface area contributed by atoms with Crippen molar-refractivity contribution in [1.29, 1.82) is 0 Å². The normalized spacial score (nSPS) is 10.4. The first-order valence-electron chi connectivity index (χ1n) is 5.15. The van der Waals surface area contributed by atoms with Crippen LogP contribution in [0.5, 0.6) is 0 Å². The fourth-order valence-electron chi connectivity index (χ4n) is 1.39. The van der Waals surface area contributed by atoms with Crippen LogP contribution in [0.1, 0.15) is 16.3 Å². The van der Waals surface area contributed by atoms with Crippen LogP contribution in [0.4, 0.5) is 10.1 Å². The molecule has 2 aromatic rings. The third-order valence-electron chi connectivity index (χ3n) is 2.26. The van der Waals surface area contributed by atoms with Gasteiger partial charge in [-0.25, -0.2) is 4.39 Å². The van der Waals surface area contributed by atoms with Crippen LogP contribution < -0.4 is 11.1 Å². The van der Waals surface area contributed by atoms with Gasteiger partial charge in [-0.1, -0.05) is 11.6 Å². The maximum absolute atomic E-state index is 13.4. The van der Waals surface area contributed by atoms with Gasteiger partial charge in [0.1, 0.15) is 11.6 Å². The highest BCUT2D eigenvalue weighted by Gasteiger charge is 2.13. The number of furan rings is 1. The molecular formula is C12H10ClFN2O2. The van der Waals surface area contributed by atoms with Crippen LogP contribution in [0.25, 0.3) is 0 Å². The van der Waals surface area contributed by atoms with Crippen molar-refractivity contribution in [3.05, 3.63) is 52.7 Å². The van der Waals surface area contributed by atoms with Crippen LogP contribution in [-0.4, -0.2) is 5.91 Å². The summed E-state index contributed by atoms with van der Waals surface area (Å²) in [5.41, 5.74) is 5.36. The van der Waals surface area contributed by atoms with Crippen LogP contribution in [0.2, 0.25) is 5.02 Å². The Hall–Kier alpha value is -1.85. The van der Waals surface area contributed by atoms with E-state index in [1.165, 1.54) is 24.3 Å². The van der Waals surface area contributed by atoms with E-state index < -0.39 is 11.7 Å². The molecule has 0 unspecified atom stereocenters. The molecule has 0 aliphatic carbocycles. The lowest BCUT2D eigenvalue weighted by atomic mass is 10.3. The summed E-state index contributed by atoms with van der Waals surface area (Å²) in [5.74, 6) is -0.587. The van der Waals surface area contributed by atoms with Gasteiger partial charge < -0.3 is 15.5 Å². The quantitative estimate of drug-likeness (QED) is 0.899. The van der Waals surface area contributed by atoms with Gasteiger partial charge in [0, 0.05) is 5.02 Å². The lowest BCUT2D eigenvalue weighted by Crippen LogP contribution is -2.12. The number of amides is 1. The molecule has 0 saturated carbocycles. The first-order valence-corrected chi connectivity index (χ1v) is 5.53. The summed E-state index contributed by atoms with van der Waals surface area (Å²) in [6.07, 6.45) is 0. The molecule has 0 aliphatic heterocycles. The number of hydrogen-bond acceptors (Lipinski definition) is 3. The molecule has 1 aromatic heterocycles. The summed E-state index contributed by atoms with van der Waals surface area (Å²) >= 11 is 5.71. The Morgan fingerprint density at radius 1 is 1.39 bits per heavy atom. The molecule has 18 heavy (non-hydrogen) atoms. The fourth-order valence-corrected chi connectivity index (χ4v) is 1.56. The summed E-state index contributed by atoms with van der Waals surface area (Å²) < 4.78 is 18.5. The minimum Gasteiger partial charge on any atom is -0.455 e. The third kappa shape index (κ3) is 2.69. The first-order chi connectivity index (χ1) is 8.60. The average molecular weight is 269 g/mol. The van der Waals surface area contributed by atoms with Crippen molar-refractivity contribution in [3.63, 3.8) is 0 Å². The number of carbonyl (C=O) groups is 1. The lowest BCUT2D eigenvalue weighted by molar-refractivity contribution is 0.0994. The number of rotatable bonds is 3. The highest BCUT2D eigenvalue weighted by atomic mass is 35.5. The van der Waals surface area contributed by atoms with Crippen LogP contribution in [-0.2, 0) is 6.54 Å². The van der Waals surface area contributed by atoms with Crippen LogP contribution in [0.3, 0.4) is 0 Å². The number of nitrogens with two attached hydrogens (primary N) is 1. The average Bonchev–Trinajstić information content (AvgIpc) is 2.82. The zero-order valence-electron chi connectivity index (χ0n) is 9.24. The summed E-state index contributed by atoms with van der Waals surface area (Å²) in [6.45, 7) is 0.193. The molecule has 4 nitrogen and oxygen atoms in total. The predicted octanol–water partition coefficient (Wildman–Crippen LogP) is 2.78. The van der Waals surface area contributed by atoms with Crippen molar-refractivity contribution in [2.24, 2.45) is 5.73 Å². The maximum Gasteiger partial charge on any atom is 0.291 e. The minimum atomic E-state index is -0.571. The number of benzene rings is 1. The van der Waals surface area contributed by atoms with Gasteiger partial charge in [-0.15, -0.1) is 0 Å². The molecule has 2 rings (SSSR count). The molecule has 3 N–H and O–H groups in total. The van der Waals surface area contributed by atoms with Gasteiger partial charge in [0.2, 0.25) is 0 Å². The van der Waals surface area contributed by atoms with Gasteiger partial charge in [-0.3, -0.25) is 4.79 Å². The fraction of sp³-hybridized carbons (Fsp3) is 0.0833. The van der Waals surface area contributed by atoms with Crippen LogP contribution in [0.15, 0.2) is 34.7 Å². The van der Waals surface area contributed by atoms with Gasteiger partial charge in [-0.05, 0) is 30.3 Å². The zero-order valence-corrected chi connectivity index (χ0v) is 10.00. The Bertz CT molecular complexity index is 583. The molecule has 0 bridgehead atoms. The SMILES string of the molecule is NCc1ccc(C(=O)Nc2cc(Cl)ccc2F)o1. The number of hydrogen-bond donors (Lipinski definition) is 2. The van der Waals surface area contributed by atoms with Crippen molar-refractivity contribution in [2.45, 2.75) is 6.54 Å². The van der Waals surface area contributed by atoms with Gasteiger partial charge in [0.15, 0.2) is 5.76 Å². The van der Waals surface area contributed by atoms with Crippen molar-refractivity contribution < 1.29 is 13.6 Å². The highest BCUT2D eigenvalue weighted by molar-refractivity contribution is 6.30. The van der Waals surface area contributed by atoms with Gasteiger partial charge in [-0.2, -0.15) is 0 Å². The molecule has 0 saturated heterocycles. The summed E-state index contributed by atoms with van der Waals surface area (Å²) in [6, 6.07) is 6.95. The molecule has 0 aliphatic rings. The van der Waals surface area contributed by atoms with E-state index in [1.54, 1.807) is 6.07 Å². The second-order valence-electron chi connectivity index (χ2n) is 3.55. The number of anilines is 1. The van der Waals surface area contributed by atoms with Gasteiger partial charge in [0.25, 0.3) is 5.91 Å². The third-order valence-corrected chi connectivity index (χ3v) is 2.50. The van der Waals surface area contributed by atoms with Crippen molar-refractivity contribution >= 4 is 23.2 Å². The molecule has 0 radical (unpaired) electrons. The molecule has 1 aromatic carbocycles. The van der Waals surface area contributed by atoms with Gasteiger partial charge >= 0.3 is 0 Å². The second-order valence-corrected chi connectivity index (χ2v) is 3.98. The van der Waals surface area contributed by atoms with E-state index in [1.807, 2.05) is 0 Å². The van der Waals surface area contributed by atoms with Crippen molar-refractivity contribution in [1.82, 2.24) is 0 Å². The summed E-state index contributed by atoms with van der Waals surface area (Å²) in [7, 11) is 0. The Kier molecular flexibility index (Phi) is 3.64. The van der Waals surface area contributed by atoms with Gasteiger partial charge in [0.05, 0.1) is 12.2 Å². The molecule has 1 heterocycles. The van der Waals surface area contributed by atoms with Crippen molar-refractivity contribution in [2.75, 3.05) is 5.32 Å². The van der Waals surface area contributed by atoms with E-state index in [0.29, 0.717) is 10.8 Å². The Labute approximate surface area is 108 Å². The molecule has 0 fully saturated rings. The first kappa shape index (κ1) is 12.6. The number of nitrogens with one attached hydrogen (secondary N) is 1. The number of halogens is 2. The lowest BCUT2D eigenvalue weighted by Gasteiger charge is -2.04. The highest BCUT2D eigenvalue weighted by Crippen LogP contribution is 2.20. The van der Waals surface area contributed by atoms with Crippen LogP contribution in [0, 0.1) is 5.82 Å². The predicted molar refractivity (Wildman–Crippen MR) is 66.0 cm³/mol. The molecule has 1 amide bonds. The second kappa shape index (κ2) is 5.20. The zero-order chi connectivity index (χ0) is 13.1. The molecule has 0 spiro atoms. The Morgan fingerprint density at radius 2 is 2.17 bits per heavy atom. The van der Waals surface area contributed by atoms with E-state index in [2.05, 4.69) is 5.32 Å². The summed E-state index contributed by atoms with van der Waals surface area (Å²) in [4.78, 5) is 11.8. The topological polar surface area (TPSA) is 68.3 Å². The van der Waals surface area contributed by atoms with E-state index >= 15 is 0 Å². The maximum atomic E-state index is 13.4. The van der Waals surface area contributed by atoms with Crippen molar-refractivity contribution in [3.8, 4) is 0 Å². The van der Waals surface area contributed by atoms with E-state index in [9.17, 15) is 9.18 Å². The van der Waals surface area contributed by atoms with Crippen LogP contribution >= 0.6 is 11.6 Å². The monoisotopic (exact) mass is 268 g/mol. The molecular weight excluding hydrogens is 259 g/mol. The Morgan fingerprint density at radius 3 is 2.83 bits per heavy atom. The Balaban J connectivity index is 2.18. The number of carbonyl (C=O) groups excluding carboxylic acids is 1. The van der Waals surface area contributed by atoms with E-state index in [-0.39, 0.29) is 18.0 Å². The summed E-state index contributed by atoms with van der Waals surface area (Å²) in [5, 5.41) is 2.70. The van der Waals surface area contributed by atoms with E-state index in [0.717, 1.165) is 0 Å². The smallest absolute Gasteiger partial charge is 0.291 e. The molecule has 0 atom stereocenters. The molecule has 6 heteroatoms.